The third kappa shape index (κ3) is 2.34. The van der Waals surface area contributed by atoms with Crippen molar-refractivity contribution in [1.82, 2.24) is 9.78 Å². The molecule has 0 amide bonds. The first-order valence-electron chi connectivity index (χ1n) is 3.78. The standard InChI is InChI=1S/C8H11ClN2O/c1-6(12)3-4-11-5-8(9)7(2)10-11/h5H,3-4H2,1-2H3. The first-order chi connectivity index (χ1) is 5.59. The van der Waals surface area contributed by atoms with Gasteiger partial charge in [0, 0.05) is 19.2 Å². The van der Waals surface area contributed by atoms with Gasteiger partial charge >= 0.3 is 0 Å². The molecule has 0 aliphatic heterocycles. The molecular weight excluding hydrogens is 176 g/mol. The van der Waals surface area contributed by atoms with Crippen molar-refractivity contribution in [2.45, 2.75) is 26.8 Å². The second-order valence-electron chi connectivity index (χ2n) is 2.78. The van der Waals surface area contributed by atoms with Crippen molar-refractivity contribution in [1.29, 1.82) is 0 Å². The van der Waals surface area contributed by atoms with Gasteiger partial charge < -0.3 is 0 Å². The highest BCUT2D eigenvalue weighted by molar-refractivity contribution is 6.31. The predicted molar refractivity (Wildman–Crippen MR) is 47.3 cm³/mol. The number of aromatic nitrogens is 2. The quantitative estimate of drug-likeness (QED) is 0.722. The first-order valence-corrected chi connectivity index (χ1v) is 4.16. The average Bonchev–Trinajstić information content (AvgIpc) is 2.28. The molecule has 3 nitrogen and oxygen atoms in total. The molecule has 1 aromatic heterocycles. The zero-order valence-corrected chi connectivity index (χ0v) is 7.93. The normalized spacial score (nSPS) is 10.2. The van der Waals surface area contributed by atoms with Crippen molar-refractivity contribution < 1.29 is 4.79 Å². The molecule has 0 spiro atoms. The number of ketones is 1. The second kappa shape index (κ2) is 3.72. The lowest BCUT2D eigenvalue weighted by Gasteiger charge is -1.96. The number of rotatable bonds is 3. The number of carbonyl (C=O) groups is 1. The van der Waals surface area contributed by atoms with Crippen LogP contribution in [0.3, 0.4) is 0 Å². The van der Waals surface area contributed by atoms with Crippen molar-refractivity contribution in [3.05, 3.63) is 16.9 Å². The first kappa shape index (κ1) is 9.26. The smallest absolute Gasteiger partial charge is 0.131 e. The molecule has 0 atom stereocenters. The minimum atomic E-state index is 0.166. The third-order valence-electron chi connectivity index (χ3n) is 1.58. The van der Waals surface area contributed by atoms with Crippen LogP contribution in [0.1, 0.15) is 19.0 Å². The van der Waals surface area contributed by atoms with Gasteiger partial charge in [0.1, 0.15) is 5.78 Å². The molecule has 1 heterocycles. The van der Waals surface area contributed by atoms with Crippen LogP contribution >= 0.6 is 11.6 Å². The molecule has 66 valence electrons. The van der Waals surface area contributed by atoms with Crippen molar-refractivity contribution in [3.63, 3.8) is 0 Å². The van der Waals surface area contributed by atoms with Crippen LogP contribution in [0.15, 0.2) is 6.20 Å². The Hall–Kier alpha value is -0.830. The lowest BCUT2D eigenvalue weighted by atomic mass is 10.3. The van der Waals surface area contributed by atoms with Gasteiger partial charge in [0.2, 0.25) is 0 Å². The zero-order chi connectivity index (χ0) is 9.14. The van der Waals surface area contributed by atoms with Gasteiger partial charge in [-0.1, -0.05) is 11.6 Å². The maximum atomic E-state index is 10.6. The minimum Gasteiger partial charge on any atom is -0.300 e. The van der Waals surface area contributed by atoms with E-state index in [0.717, 1.165) is 5.69 Å². The van der Waals surface area contributed by atoms with Crippen LogP contribution in [0.25, 0.3) is 0 Å². The summed E-state index contributed by atoms with van der Waals surface area (Å²) >= 11 is 5.78. The van der Waals surface area contributed by atoms with Crippen molar-refractivity contribution >= 4 is 17.4 Å². The van der Waals surface area contributed by atoms with E-state index in [4.69, 9.17) is 11.6 Å². The van der Waals surface area contributed by atoms with Gasteiger partial charge in [0.15, 0.2) is 0 Å². The van der Waals surface area contributed by atoms with Gasteiger partial charge in [-0.2, -0.15) is 5.10 Å². The van der Waals surface area contributed by atoms with E-state index in [1.165, 1.54) is 0 Å². The third-order valence-corrected chi connectivity index (χ3v) is 1.95. The maximum absolute atomic E-state index is 10.6. The van der Waals surface area contributed by atoms with Gasteiger partial charge in [-0.3, -0.25) is 9.48 Å². The predicted octanol–water partition coefficient (Wildman–Crippen LogP) is 1.82. The molecule has 0 N–H and O–H groups in total. The van der Waals surface area contributed by atoms with E-state index in [9.17, 15) is 4.79 Å². The molecule has 0 fully saturated rings. The molecule has 0 aromatic carbocycles. The van der Waals surface area contributed by atoms with E-state index in [2.05, 4.69) is 5.10 Å². The van der Waals surface area contributed by atoms with E-state index in [0.29, 0.717) is 18.0 Å². The Kier molecular flexibility index (Phi) is 2.87. The summed E-state index contributed by atoms with van der Waals surface area (Å²) in [4.78, 5) is 10.6. The van der Waals surface area contributed by atoms with Crippen LogP contribution in [0.2, 0.25) is 5.02 Å². The van der Waals surface area contributed by atoms with Crippen LogP contribution in [0.4, 0.5) is 0 Å². The summed E-state index contributed by atoms with van der Waals surface area (Å²) in [6, 6.07) is 0. The van der Waals surface area contributed by atoms with E-state index in [-0.39, 0.29) is 5.78 Å². The number of aryl methyl sites for hydroxylation is 2. The summed E-state index contributed by atoms with van der Waals surface area (Å²) < 4.78 is 1.69. The second-order valence-corrected chi connectivity index (χ2v) is 3.18. The Bertz CT molecular complexity index is 274. The summed E-state index contributed by atoms with van der Waals surface area (Å²) in [5.41, 5.74) is 0.806. The van der Waals surface area contributed by atoms with E-state index < -0.39 is 0 Å². The monoisotopic (exact) mass is 186 g/mol. The summed E-state index contributed by atoms with van der Waals surface area (Å²) in [6.45, 7) is 4.02. The van der Waals surface area contributed by atoms with Crippen LogP contribution in [-0.4, -0.2) is 15.6 Å². The molecule has 0 aliphatic carbocycles. The van der Waals surface area contributed by atoms with E-state index in [1.807, 2.05) is 6.92 Å². The topological polar surface area (TPSA) is 34.9 Å². The highest BCUT2D eigenvalue weighted by atomic mass is 35.5. The molecule has 0 bridgehead atoms. The van der Waals surface area contributed by atoms with Gasteiger partial charge in [-0.25, -0.2) is 0 Å². The SMILES string of the molecule is CC(=O)CCn1cc(Cl)c(C)n1. The van der Waals surface area contributed by atoms with Crippen LogP contribution in [0.5, 0.6) is 0 Å². The lowest BCUT2D eigenvalue weighted by molar-refractivity contribution is -0.117. The van der Waals surface area contributed by atoms with Crippen molar-refractivity contribution in [2.75, 3.05) is 0 Å². The Labute approximate surface area is 76.3 Å². The number of Topliss-reactive ketones (excluding diaryl/α,β-unsaturated/α-hetero) is 1. The molecule has 0 saturated carbocycles. The average molecular weight is 187 g/mol. The van der Waals surface area contributed by atoms with E-state index >= 15 is 0 Å². The highest BCUT2D eigenvalue weighted by Gasteiger charge is 2.01. The Morgan fingerprint density at radius 2 is 2.42 bits per heavy atom. The van der Waals surface area contributed by atoms with E-state index in [1.54, 1.807) is 17.8 Å². The fourth-order valence-corrected chi connectivity index (χ4v) is 1.03. The highest BCUT2D eigenvalue weighted by Crippen LogP contribution is 2.11. The molecule has 1 rings (SSSR count). The fraction of sp³-hybridized carbons (Fsp3) is 0.500. The number of nitrogens with zero attached hydrogens (tertiary/aromatic N) is 2. The van der Waals surface area contributed by atoms with Gasteiger partial charge in [0.05, 0.1) is 10.7 Å². The zero-order valence-electron chi connectivity index (χ0n) is 7.17. The number of hydrogen-bond donors (Lipinski definition) is 0. The largest absolute Gasteiger partial charge is 0.300 e. The molecular formula is C8H11ClN2O. The van der Waals surface area contributed by atoms with Gasteiger partial charge in [-0.05, 0) is 13.8 Å². The molecule has 1 aromatic rings. The van der Waals surface area contributed by atoms with Crippen molar-refractivity contribution in [3.8, 4) is 0 Å². The summed E-state index contributed by atoms with van der Waals surface area (Å²) in [5.74, 6) is 0.166. The fourth-order valence-electron chi connectivity index (χ4n) is 0.880. The number of hydrogen-bond acceptors (Lipinski definition) is 2. The molecule has 12 heavy (non-hydrogen) atoms. The summed E-state index contributed by atoms with van der Waals surface area (Å²) in [6.07, 6.45) is 2.25. The number of carbonyl (C=O) groups excluding carboxylic acids is 1. The van der Waals surface area contributed by atoms with Crippen LogP contribution in [0, 0.1) is 6.92 Å². The molecule has 0 aliphatic rings. The summed E-state index contributed by atoms with van der Waals surface area (Å²) in [5, 5.41) is 4.77. The molecule has 4 heteroatoms. The van der Waals surface area contributed by atoms with Crippen molar-refractivity contribution in [2.24, 2.45) is 0 Å². The van der Waals surface area contributed by atoms with Gasteiger partial charge in [0.25, 0.3) is 0 Å². The Balaban J connectivity index is 2.58. The number of halogens is 1. The maximum Gasteiger partial charge on any atom is 0.131 e. The summed E-state index contributed by atoms with van der Waals surface area (Å²) in [7, 11) is 0. The minimum absolute atomic E-state index is 0.166. The van der Waals surface area contributed by atoms with Gasteiger partial charge in [-0.15, -0.1) is 0 Å². The molecule has 0 radical (unpaired) electrons. The lowest BCUT2D eigenvalue weighted by Crippen LogP contribution is -2.02. The molecule has 0 unspecified atom stereocenters. The Morgan fingerprint density at radius 3 is 2.83 bits per heavy atom. The Morgan fingerprint density at radius 1 is 1.75 bits per heavy atom. The molecule has 0 saturated heterocycles. The van der Waals surface area contributed by atoms with Crippen LogP contribution < -0.4 is 0 Å². The van der Waals surface area contributed by atoms with Crippen LogP contribution in [-0.2, 0) is 11.3 Å².